The minimum absolute atomic E-state index is 0.0651. The lowest BCUT2D eigenvalue weighted by molar-refractivity contribution is 0.0970. The van der Waals surface area contributed by atoms with Crippen LogP contribution in [-0.4, -0.2) is 15.3 Å². The molecule has 0 aliphatic heterocycles. The van der Waals surface area contributed by atoms with Gasteiger partial charge < -0.3 is 0 Å². The maximum absolute atomic E-state index is 12.9. The van der Waals surface area contributed by atoms with Crippen molar-refractivity contribution in [2.75, 3.05) is 0 Å². The number of hydrogen-bond donors (Lipinski definition) is 0. The van der Waals surface area contributed by atoms with Gasteiger partial charge in [0, 0.05) is 10.4 Å². The summed E-state index contributed by atoms with van der Waals surface area (Å²) >= 11 is 13.5. The summed E-state index contributed by atoms with van der Waals surface area (Å²) in [7, 11) is 0. The van der Waals surface area contributed by atoms with Crippen LogP contribution < -0.4 is 5.56 Å². The normalized spacial score (nSPS) is 13.8. The Morgan fingerprint density at radius 3 is 2.80 bits per heavy atom. The molecule has 1 aliphatic rings. The Morgan fingerprint density at radius 1 is 1.20 bits per heavy atom. The van der Waals surface area contributed by atoms with E-state index in [1.807, 2.05) is 0 Å². The zero-order valence-corrected chi connectivity index (χ0v) is 15.5. The Bertz CT molecular complexity index is 1060. The molecule has 1 aliphatic carbocycles. The molecular weight excluding hydrogens is 379 g/mol. The largest absolute Gasteiger partial charge is 0.292 e. The van der Waals surface area contributed by atoms with Crippen LogP contribution in [0.2, 0.25) is 10.0 Å². The second-order valence-electron chi connectivity index (χ2n) is 6.12. The summed E-state index contributed by atoms with van der Waals surface area (Å²) in [5.74, 6) is -0.203. The summed E-state index contributed by atoms with van der Waals surface area (Å²) in [6, 6.07) is 4.71. The van der Waals surface area contributed by atoms with E-state index in [-0.39, 0.29) is 17.9 Å². The van der Waals surface area contributed by atoms with Crippen molar-refractivity contribution in [3.63, 3.8) is 0 Å². The standard InChI is InChI=1S/C18H14Cl2N2O2S/c19-12-6-5-10(7-13(12)20)14(23)8-22-9-21-17-16(18(22)24)11-3-1-2-4-15(11)25-17/h5-7,9H,1-4,8H2. The van der Waals surface area contributed by atoms with Gasteiger partial charge in [0.1, 0.15) is 4.83 Å². The Balaban J connectivity index is 1.72. The molecule has 2 heterocycles. The van der Waals surface area contributed by atoms with Crippen molar-refractivity contribution < 1.29 is 4.79 Å². The van der Waals surface area contributed by atoms with Gasteiger partial charge in [-0.3, -0.25) is 14.2 Å². The van der Waals surface area contributed by atoms with E-state index < -0.39 is 0 Å². The van der Waals surface area contributed by atoms with Gasteiger partial charge in [0.25, 0.3) is 5.56 Å². The van der Waals surface area contributed by atoms with Crippen molar-refractivity contribution in [1.29, 1.82) is 0 Å². The molecule has 0 unspecified atom stereocenters. The maximum Gasteiger partial charge on any atom is 0.262 e. The highest BCUT2D eigenvalue weighted by molar-refractivity contribution is 7.18. The number of carbonyl (C=O) groups excluding carboxylic acids is 1. The van der Waals surface area contributed by atoms with Crippen LogP contribution in [0.25, 0.3) is 10.2 Å². The zero-order valence-electron chi connectivity index (χ0n) is 13.2. The number of halogens is 2. The zero-order chi connectivity index (χ0) is 17.6. The van der Waals surface area contributed by atoms with E-state index in [9.17, 15) is 9.59 Å². The molecule has 0 fully saturated rings. The van der Waals surface area contributed by atoms with E-state index in [4.69, 9.17) is 23.2 Å². The molecule has 0 atom stereocenters. The molecule has 0 saturated heterocycles. The molecule has 3 aromatic rings. The van der Waals surface area contributed by atoms with Gasteiger partial charge in [0.05, 0.1) is 28.3 Å². The van der Waals surface area contributed by atoms with Crippen molar-refractivity contribution >= 4 is 50.5 Å². The third kappa shape index (κ3) is 3.01. The number of benzene rings is 1. The number of aromatic nitrogens is 2. The second kappa shape index (κ2) is 6.56. The van der Waals surface area contributed by atoms with Crippen LogP contribution in [0.4, 0.5) is 0 Å². The summed E-state index contributed by atoms with van der Waals surface area (Å²) in [5, 5.41) is 1.40. The number of hydrogen-bond acceptors (Lipinski definition) is 4. The number of aryl methyl sites for hydroxylation is 2. The highest BCUT2D eigenvalue weighted by Gasteiger charge is 2.20. The Kier molecular flexibility index (Phi) is 4.40. The van der Waals surface area contributed by atoms with Crippen LogP contribution >= 0.6 is 34.5 Å². The quantitative estimate of drug-likeness (QED) is 0.615. The minimum Gasteiger partial charge on any atom is -0.292 e. The van der Waals surface area contributed by atoms with Crippen molar-refractivity contribution in [3.05, 3.63) is 60.9 Å². The fourth-order valence-electron chi connectivity index (χ4n) is 3.21. The number of ketones is 1. The van der Waals surface area contributed by atoms with Gasteiger partial charge in [0.2, 0.25) is 0 Å². The fourth-order valence-corrected chi connectivity index (χ4v) is 4.73. The maximum atomic E-state index is 12.9. The van der Waals surface area contributed by atoms with Gasteiger partial charge in [-0.2, -0.15) is 0 Å². The molecule has 2 aromatic heterocycles. The summed E-state index contributed by atoms with van der Waals surface area (Å²) in [4.78, 5) is 31.8. The minimum atomic E-state index is -0.203. The monoisotopic (exact) mass is 392 g/mol. The number of Topliss-reactive ketones (excluding diaryl/α,β-unsaturated/α-hetero) is 1. The molecule has 128 valence electrons. The van der Waals surface area contributed by atoms with E-state index in [1.165, 1.54) is 21.8 Å². The molecule has 0 radical (unpaired) electrons. The first-order valence-corrected chi connectivity index (χ1v) is 9.60. The Labute approximate surface area is 158 Å². The van der Waals surface area contributed by atoms with Gasteiger partial charge in [-0.05, 0) is 49.4 Å². The van der Waals surface area contributed by atoms with Crippen molar-refractivity contribution in [2.24, 2.45) is 0 Å². The number of nitrogens with zero attached hydrogens (tertiary/aromatic N) is 2. The molecule has 4 nitrogen and oxygen atoms in total. The number of fused-ring (bicyclic) bond motifs is 3. The molecule has 0 bridgehead atoms. The van der Waals surface area contributed by atoms with E-state index in [2.05, 4.69) is 4.98 Å². The number of carbonyl (C=O) groups is 1. The molecule has 7 heteroatoms. The predicted molar refractivity (Wildman–Crippen MR) is 101 cm³/mol. The molecule has 0 amide bonds. The van der Waals surface area contributed by atoms with Crippen molar-refractivity contribution in [1.82, 2.24) is 9.55 Å². The van der Waals surface area contributed by atoms with Gasteiger partial charge in [-0.25, -0.2) is 4.98 Å². The lowest BCUT2D eigenvalue weighted by atomic mass is 9.97. The number of thiophene rings is 1. The van der Waals surface area contributed by atoms with E-state index >= 15 is 0 Å². The molecule has 1 aromatic carbocycles. The first-order chi connectivity index (χ1) is 12.0. The average Bonchev–Trinajstić information content (AvgIpc) is 2.99. The smallest absolute Gasteiger partial charge is 0.262 e. The Morgan fingerprint density at radius 2 is 2.00 bits per heavy atom. The highest BCUT2D eigenvalue weighted by Crippen LogP contribution is 2.33. The average molecular weight is 393 g/mol. The van der Waals surface area contributed by atoms with Crippen molar-refractivity contribution in [3.8, 4) is 0 Å². The molecule has 4 rings (SSSR count). The van der Waals surface area contributed by atoms with Crippen LogP contribution in [-0.2, 0) is 19.4 Å². The SMILES string of the molecule is O=C(Cn1cnc2sc3c(c2c1=O)CCCC3)c1ccc(Cl)c(Cl)c1. The van der Waals surface area contributed by atoms with E-state index in [0.717, 1.165) is 36.1 Å². The lowest BCUT2D eigenvalue weighted by Crippen LogP contribution is -2.25. The van der Waals surface area contributed by atoms with Crippen LogP contribution in [0.5, 0.6) is 0 Å². The third-order valence-electron chi connectivity index (χ3n) is 4.50. The van der Waals surface area contributed by atoms with Gasteiger partial charge in [-0.15, -0.1) is 11.3 Å². The molecule has 0 N–H and O–H groups in total. The molecule has 0 saturated carbocycles. The number of rotatable bonds is 3. The van der Waals surface area contributed by atoms with Crippen LogP contribution in [0, 0.1) is 0 Å². The highest BCUT2D eigenvalue weighted by atomic mass is 35.5. The molecule has 25 heavy (non-hydrogen) atoms. The Hall–Kier alpha value is -1.69. The van der Waals surface area contributed by atoms with Crippen LogP contribution in [0.15, 0.2) is 29.3 Å². The van der Waals surface area contributed by atoms with Crippen LogP contribution in [0.3, 0.4) is 0 Å². The summed E-state index contributed by atoms with van der Waals surface area (Å²) in [6.45, 7) is -0.0651. The van der Waals surface area contributed by atoms with E-state index in [0.29, 0.717) is 21.0 Å². The molecular formula is C18H14Cl2N2O2S. The van der Waals surface area contributed by atoms with Gasteiger partial charge >= 0.3 is 0 Å². The topological polar surface area (TPSA) is 52.0 Å². The van der Waals surface area contributed by atoms with E-state index in [1.54, 1.807) is 23.5 Å². The second-order valence-corrected chi connectivity index (χ2v) is 8.02. The molecule has 0 spiro atoms. The lowest BCUT2D eigenvalue weighted by Gasteiger charge is -2.10. The summed E-state index contributed by atoms with van der Waals surface area (Å²) in [5.41, 5.74) is 1.41. The summed E-state index contributed by atoms with van der Waals surface area (Å²) in [6.07, 6.45) is 5.64. The first kappa shape index (κ1) is 16.8. The fraction of sp³-hybridized carbons (Fsp3) is 0.278. The van der Waals surface area contributed by atoms with Crippen molar-refractivity contribution in [2.45, 2.75) is 32.2 Å². The summed E-state index contributed by atoms with van der Waals surface area (Å²) < 4.78 is 1.38. The predicted octanol–water partition coefficient (Wildman–Crippen LogP) is 4.53. The first-order valence-electron chi connectivity index (χ1n) is 8.02. The van der Waals surface area contributed by atoms with Gasteiger partial charge in [-0.1, -0.05) is 23.2 Å². The van der Waals surface area contributed by atoms with Crippen LogP contribution in [0.1, 0.15) is 33.6 Å². The van der Waals surface area contributed by atoms with Gasteiger partial charge in [0.15, 0.2) is 5.78 Å². The third-order valence-corrected chi connectivity index (χ3v) is 6.44.